The molecule has 2 aromatic rings. The van der Waals surface area contributed by atoms with Gasteiger partial charge in [0.15, 0.2) is 5.16 Å². The van der Waals surface area contributed by atoms with Crippen LogP contribution in [0.1, 0.15) is 12.5 Å². The maximum absolute atomic E-state index is 12.8. The van der Waals surface area contributed by atoms with Gasteiger partial charge in [-0.25, -0.2) is 4.39 Å². The van der Waals surface area contributed by atoms with Crippen molar-refractivity contribution in [3.8, 4) is 0 Å². The molecule has 1 aromatic carbocycles. The minimum absolute atomic E-state index is 0.111. The lowest BCUT2D eigenvalue weighted by Gasteiger charge is -2.12. The van der Waals surface area contributed by atoms with E-state index in [0.717, 1.165) is 5.56 Å². The van der Waals surface area contributed by atoms with Gasteiger partial charge in [0.1, 0.15) is 12.1 Å². The van der Waals surface area contributed by atoms with E-state index in [1.165, 1.54) is 23.9 Å². The van der Waals surface area contributed by atoms with Gasteiger partial charge in [0, 0.05) is 20.2 Å². The maximum atomic E-state index is 12.8. The number of benzene rings is 1. The molecule has 1 unspecified atom stereocenters. The molecule has 6 nitrogen and oxygen atoms in total. The predicted octanol–water partition coefficient (Wildman–Crippen LogP) is 1.86. The van der Waals surface area contributed by atoms with Crippen molar-refractivity contribution >= 4 is 17.7 Å². The third-order valence-electron chi connectivity index (χ3n) is 3.15. The number of thioether (sulfide) groups is 1. The zero-order chi connectivity index (χ0) is 16.7. The minimum Gasteiger partial charge on any atom is -0.383 e. The van der Waals surface area contributed by atoms with Gasteiger partial charge in [0.2, 0.25) is 5.91 Å². The predicted molar refractivity (Wildman–Crippen MR) is 85.5 cm³/mol. The summed E-state index contributed by atoms with van der Waals surface area (Å²) >= 11 is 1.33. The lowest BCUT2D eigenvalue weighted by atomic mass is 10.2. The highest BCUT2D eigenvalue weighted by Crippen LogP contribution is 2.21. The molecule has 2 rings (SSSR count). The normalized spacial score (nSPS) is 12.1. The molecular formula is C15H19FN4O2S. The molecule has 0 aliphatic heterocycles. The van der Waals surface area contributed by atoms with Crippen LogP contribution in [-0.2, 0) is 22.6 Å². The first-order valence-electron chi connectivity index (χ1n) is 7.15. The Hall–Kier alpha value is -1.93. The van der Waals surface area contributed by atoms with E-state index in [-0.39, 0.29) is 17.0 Å². The average molecular weight is 338 g/mol. The molecular weight excluding hydrogens is 319 g/mol. The van der Waals surface area contributed by atoms with Crippen molar-refractivity contribution in [2.24, 2.45) is 0 Å². The van der Waals surface area contributed by atoms with Gasteiger partial charge < -0.3 is 14.6 Å². The van der Waals surface area contributed by atoms with Crippen LogP contribution in [0.2, 0.25) is 0 Å². The molecule has 0 bridgehead atoms. The highest BCUT2D eigenvalue weighted by Gasteiger charge is 2.17. The van der Waals surface area contributed by atoms with Crippen LogP contribution in [0.5, 0.6) is 0 Å². The maximum Gasteiger partial charge on any atom is 0.233 e. The number of nitrogens with one attached hydrogen (secondary N) is 1. The lowest BCUT2D eigenvalue weighted by molar-refractivity contribution is -0.120. The van der Waals surface area contributed by atoms with Crippen LogP contribution >= 0.6 is 11.8 Å². The van der Waals surface area contributed by atoms with E-state index in [1.54, 1.807) is 32.5 Å². The number of carbonyl (C=O) groups is 1. The average Bonchev–Trinajstić information content (AvgIpc) is 2.99. The fourth-order valence-electron chi connectivity index (χ4n) is 1.83. The first-order chi connectivity index (χ1) is 11.1. The summed E-state index contributed by atoms with van der Waals surface area (Å²) < 4.78 is 19.7. The number of carbonyl (C=O) groups excluding carboxylic acids is 1. The molecule has 0 saturated heterocycles. The molecule has 1 atom stereocenters. The second-order valence-electron chi connectivity index (χ2n) is 4.90. The van der Waals surface area contributed by atoms with Crippen molar-refractivity contribution in [1.29, 1.82) is 0 Å². The van der Waals surface area contributed by atoms with Crippen molar-refractivity contribution in [2.45, 2.75) is 30.4 Å². The van der Waals surface area contributed by atoms with E-state index < -0.39 is 0 Å². The van der Waals surface area contributed by atoms with Gasteiger partial charge in [-0.1, -0.05) is 23.9 Å². The van der Waals surface area contributed by atoms with Crippen LogP contribution < -0.4 is 5.32 Å². The quantitative estimate of drug-likeness (QED) is 0.744. The van der Waals surface area contributed by atoms with Gasteiger partial charge in [0.25, 0.3) is 0 Å². The van der Waals surface area contributed by atoms with Gasteiger partial charge in [0.05, 0.1) is 11.9 Å². The number of nitrogens with zero attached hydrogens (tertiary/aromatic N) is 3. The van der Waals surface area contributed by atoms with Gasteiger partial charge in [-0.15, -0.1) is 10.2 Å². The Morgan fingerprint density at radius 1 is 1.43 bits per heavy atom. The Morgan fingerprint density at radius 2 is 2.17 bits per heavy atom. The van der Waals surface area contributed by atoms with E-state index in [2.05, 4.69) is 15.5 Å². The fourth-order valence-corrected chi connectivity index (χ4v) is 2.70. The summed E-state index contributed by atoms with van der Waals surface area (Å²) in [6.07, 6.45) is 1.62. The molecule has 8 heteroatoms. The number of rotatable bonds is 8. The van der Waals surface area contributed by atoms with Crippen LogP contribution in [0.15, 0.2) is 35.7 Å². The number of hydrogen-bond acceptors (Lipinski definition) is 5. The van der Waals surface area contributed by atoms with Crippen molar-refractivity contribution in [2.75, 3.05) is 13.7 Å². The van der Waals surface area contributed by atoms with Crippen LogP contribution in [-0.4, -0.2) is 39.6 Å². The monoisotopic (exact) mass is 338 g/mol. The molecule has 0 fully saturated rings. The minimum atomic E-state index is -0.319. The van der Waals surface area contributed by atoms with Gasteiger partial charge in [-0.2, -0.15) is 0 Å². The number of hydrogen-bond donors (Lipinski definition) is 1. The summed E-state index contributed by atoms with van der Waals surface area (Å²) in [5.74, 6) is -0.403. The smallest absolute Gasteiger partial charge is 0.233 e. The van der Waals surface area contributed by atoms with Gasteiger partial charge in [-0.05, 0) is 24.6 Å². The largest absolute Gasteiger partial charge is 0.383 e. The zero-order valence-corrected chi connectivity index (χ0v) is 13.8. The van der Waals surface area contributed by atoms with Crippen molar-refractivity contribution in [3.63, 3.8) is 0 Å². The summed E-state index contributed by atoms with van der Waals surface area (Å²) in [6, 6.07) is 6.04. The molecule has 1 aromatic heterocycles. The Labute approximate surface area is 138 Å². The number of halogens is 1. The van der Waals surface area contributed by atoms with Crippen molar-refractivity contribution < 1.29 is 13.9 Å². The Kier molecular flexibility index (Phi) is 6.54. The molecule has 1 N–H and O–H groups in total. The Bertz CT molecular complexity index is 633. The molecule has 1 amide bonds. The first kappa shape index (κ1) is 17.4. The van der Waals surface area contributed by atoms with Crippen molar-refractivity contribution in [1.82, 2.24) is 20.1 Å². The molecule has 0 aliphatic rings. The van der Waals surface area contributed by atoms with E-state index in [0.29, 0.717) is 24.9 Å². The highest BCUT2D eigenvalue weighted by molar-refractivity contribution is 8.00. The summed E-state index contributed by atoms with van der Waals surface area (Å²) in [5, 5.41) is 11.1. The molecule has 1 heterocycles. The summed E-state index contributed by atoms with van der Waals surface area (Å²) in [5.41, 5.74) is 0.847. The standard InChI is InChI=1S/C15H19FN4O2S/c1-11(23-15-19-18-10-20(15)7-8-22-2)14(21)17-9-12-3-5-13(16)6-4-12/h3-6,10-11H,7-9H2,1-2H3,(H,17,21). The molecule has 0 radical (unpaired) electrons. The van der Waals surface area contributed by atoms with E-state index in [1.807, 2.05) is 4.57 Å². The molecule has 0 saturated carbocycles. The van der Waals surface area contributed by atoms with E-state index in [4.69, 9.17) is 4.74 Å². The Morgan fingerprint density at radius 3 is 2.87 bits per heavy atom. The second kappa shape index (κ2) is 8.64. The SMILES string of the molecule is COCCn1cnnc1SC(C)C(=O)NCc1ccc(F)cc1. The lowest BCUT2D eigenvalue weighted by Crippen LogP contribution is -2.30. The van der Waals surface area contributed by atoms with Crippen LogP contribution in [0, 0.1) is 5.82 Å². The van der Waals surface area contributed by atoms with Crippen LogP contribution in [0.3, 0.4) is 0 Å². The third-order valence-corrected chi connectivity index (χ3v) is 4.24. The third kappa shape index (κ3) is 5.33. The topological polar surface area (TPSA) is 69.0 Å². The zero-order valence-electron chi connectivity index (χ0n) is 13.0. The summed E-state index contributed by atoms with van der Waals surface area (Å²) in [7, 11) is 1.63. The van der Waals surface area contributed by atoms with Gasteiger partial charge >= 0.3 is 0 Å². The summed E-state index contributed by atoms with van der Waals surface area (Å²) in [4.78, 5) is 12.1. The number of aromatic nitrogens is 3. The second-order valence-corrected chi connectivity index (χ2v) is 6.21. The molecule has 124 valence electrons. The fraction of sp³-hybridized carbons (Fsp3) is 0.400. The molecule has 0 spiro atoms. The molecule has 0 aliphatic carbocycles. The van der Waals surface area contributed by atoms with Crippen molar-refractivity contribution in [3.05, 3.63) is 42.0 Å². The summed E-state index contributed by atoms with van der Waals surface area (Å²) in [6.45, 7) is 3.35. The van der Waals surface area contributed by atoms with Crippen LogP contribution in [0.4, 0.5) is 4.39 Å². The Balaban J connectivity index is 1.85. The number of ether oxygens (including phenoxy) is 1. The number of amides is 1. The van der Waals surface area contributed by atoms with E-state index >= 15 is 0 Å². The van der Waals surface area contributed by atoms with Crippen LogP contribution in [0.25, 0.3) is 0 Å². The first-order valence-corrected chi connectivity index (χ1v) is 8.03. The van der Waals surface area contributed by atoms with Gasteiger partial charge in [-0.3, -0.25) is 4.79 Å². The number of methoxy groups -OCH3 is 1. The van der Waals surface area contributed by atoms with E-state index in [9.17, 15) is 9.18 Å². The highest BCUT2D eigenvalue weighted by atomic mass is 32.2. The molecule has 23 heavy (non-hydrogen) atoms.